The van der Waals surface area contributed by atoms with Gasteiger partial charge in [-0.25, -0.2) is 0 Å². The fourth-order valence-corrected chi connectivity index (χ4v) is 3.95. The van der Waals surface area contributed by atoms with Gasteiger partial charge in [-0.3, -0.25) is 9.97 Å². The molecule has 1 saturated carbocycles. The molecule has 2 aromatic heterocycles. The van der Waals surface area contributed by atoms with E-state index in [0.717, 1.165) is 58.7 Å². The molecule has 1 aliphatic rings. The van der Waals surface area contributed by atoms with Crippen molar-refractivity contribution >= 4 is 0 Å². The van der Waals surface area contributed by atoms with Gasteiger partial charge in [-0.2, -0.15) is 0 Å². The van der Waals surface area contributed by atoms with Gasteiger partial charge in [0.05, 0.1) is 13.2 Å². The molecule has 0 aliphatic heterocycles. The number of hydrogen-bond donors (Lipinski definition) is 0. The maximum atomic E-state index is 6.36. The van der Waals surface area contributed by atoms with Crippen LogP contribution in [0.1, 0.15) is 38.3 Å². The number of nitrogens with zero attached hydrogens (tertiary/aromatic N) is 2. The summed E-state index contributed by atoms with van der Waals surface area (Å²) >= 11 is 0. The third-order valence-electron chi connectivity index (χ3n) is 5.39. The van der Waals surface area contributed by atoms with E-state index in [9.17, 15) is 0 Å². The van der Waals surface area contributed by atoms with Crippen molar-refractivity contribution in [3.05, 3.63) is 60.7 Å². The van der Waals surface area contributed by atoms with Crippen molar-refractivity contribution in [1.29, 1.82) is 0 Å². The molecular formula is C24H26N2O2. The van der Waals surface area contributed by atoms with E-state index in [0.29, 0.717) is 0 Å². The third-order valence-corrected chi connectivity index (χ3v) is 5.39. The maximum absolute atomic E-state index is 6.36. The molecule has 0 radical (unpaired) electrons. The molecule has 4 rings (SSSR count). The number of ether oxygens (including phenoxy) is 2. The van der Waals surface area contributed by atoms with Gasteiger partial charge in [-0.15, -0.1) is 0 Å². The van der Waals surface area contributed by atoms with Crippen LogP contribution in [-0.2, 0) is 6.42 Å². The lowest BCUT2D eigenvalue weighted by Crippen LogP contribution is -2.12. The van der Waals surface area contributed by atoms with Crippen molar-refractivity contribution in [2.75, 3.05) is 7.11 Å². The van der Waals surface area contributed by atoms with E-state index >= 15 is 0 Å². The van der Waals surface area contributed by atoms with Crippen LogP contribution in [0, 0.1) is 0 Å². The van der Waals surface area contributed by atoms with Crippen LogP contribution in [0.4, 0.5) is 0 Å². The van der Waals surface area contributed by atoms with Crippen LogP contribution in [0.3, 0.4) is 0 Å². The number of methoxy groups -OCH3 is 1. The molecule has 144 valence electrons. The molecular weight excluding hydrogens is 348 g/mol. The highest BCUT2D eigenvalue weighted by atomic mass is 16.5. The summed E-state index contributed by atoms with van der Waals surface area (Å²) in [6.07, 6.45) is 11.3. The summed E-state index contributed by atoms with van der Waals surface area (Å²) in [5.41, 5.74) is 5.43. The van der Waals surface area contributed by atoms with Crippen molar-refractivity contribution in [2.24, 2.45) is 0 Å². The molecule has 0 amide bonds. The van der Waals surface area contributed by atoms with Gasteiger partial charge in [0, 0.05) is 35.4 Å². The van der Waals surface area contributed by atoms with Gasteiger partial charge in [0.1, 0.15) is 0 Å². The summed E-state index contributed by atoms with van der Waals surface area (Å²) in [5, 5.41) is 0. The number of aryl methyl sites for hydroxylation is 1. The largest absolute Gasteiger partial charge is 0.493 e. The predicted molar refractivity (Wildman–Crippen MR) is 112 cm³/mol. The van der Waals surface area contributed by atoms with Gasteiger partial charge in [0.25, 0.3) is 0 Å². The number of rotatable bonds is 6. The zero-order valence-corrected chi connectivity index (χ0v) is 16.5. The van der Waals surface area contributed by atoms with E-state index < -0.39 is 0 Å². The minimum Gasteiger partial charge on any atom is -0.493 e. The van der Waals surface area contributed by atoms with E-state index in [-0.39, 0.29) is 6.10 Å². The number of benzene rings is 1. The summed E-state index contributed by atoms with van der Waals surface area (Å²) < 4.78 is 12.1. The molecule has 0 N–H and O–H groups in total. The molecule has 0 atom stereocenters. The minimum absolute atomic E-state index is 0.269. The molecule has 1 aromatic carbocycles. The normalized spacial score (nSPS) is 14.2. The number of pyridine rings is 2. The number of hydrogen-bond acceptors (Lipinski definition) is 4. The molecule has 0 saturated heterocycles. The first-order valence-electron chi connectivity index (χ1n) is 10.0. The molecule has 4 heteroatoms. The predicted octanol–water partition coefficient (Wildman–Crippen LogP) is 5.70. The van der Waals surface area contributed by atoms with Crippen molar-refractivity contribution in [1.82, 2.24) is 9.97 Å². The molecule has 4 nitrogen and oxygen atoms in total. The van der Waals surface area contributed by atoms with E-state index in [1.807, 2.05) is 24.5 Å². The van der Waals surface area contributed by atoms with Crippen molar-refractivity contribution in [3.8, 4) is 33.8 Å². The monoisotopic (exact) mass is 374 g/mol. The second-order valence-corrected chi connectivity index (χ2v) is 7.17. The van der Waals surface area contributed by atoms with Crippen LogP contribution in [0.5, 0.6) is 11.5 Å². The summed E-state index contributed by atoms with van der Waals surface area (Å²) in [5.74, 6) is 1.57. The van der Waals surface area contributed by atoms with Crippen molar-refractivity contribution < 1.29 is 9.47 Å². The summed E-state index contributed by atoms with van der Waals surface area (Å²) in [6, 6.07) is 12.3. The highest BCUT2D eigenvalue weighted by molar-refractivity contribution is 5.86. The fraction of sp³-hybridized carbons (Fsp3) is 0.333. The molecule has 0 unspecified atom stereocenters. The highest BCUT2D eigenvalue weighted by Gasteiger charge is 2.21. The zero-order valence-electron chi connectivity index (χ0n) is 16.5. The minimum atomic E-state index is 0.269. The third kappa shape index (κ3) is 3.72. The molecule has 1 fully saturated rings. The van der Waals surface area contributed by atoms with Gasteiger partial charge < -0.3 is 9.47 Å². The second-order valence-electron chi connectivity index (χ2n) is 7.17. The highest BCUT2D eigenvalue weighted by Crippen LogP contribution is 2.42. The first-order valence-corrected chi connectivity index (χ1v) is 10.0. The fourth-order valence-electron chi connectivity index (χ4n) is 3.95. The van der Waals surface area contributed by atoms with Crippen LogP contribution in [0.25, 0.3) is 22.3 Å². The number of aromatic nitrogens is 2. The summed E-state index contributed by atoms with van der Waals surface area (Å²) in [6.45, 7) is 2.13. The Labute approximate surface area is 166 Å². The SMILES string of the molecule is CCc1ncccc1-c1cc(OC2CCCC2)c(OC)cc1-c1cccnc1. The van der Waals surface area contributed by atoms with Gasteiger partial charge in [0.2, 0.25) is 0 Å². The average Bonchev–Trinajstić information content (AvgIpc) is 3.27. The quantitative estimate of drug-likeness (QED) is 0.555. The second kappa shape index (κ2) is 8.42. The average molecular weight is 374 g/mol. The summed E-state index contributed by atoms with van der Waals surface area (Å²) in [4.78, 5) is 8.91. The topological polar surface area (TPSA) is 44.2 Å². The lowest BCUT2D eigenvalue weighted by molar-refractivity contribution is 0.201. The molecule has 0 spiro atoms. The van der Waals surface area contributed by atoms with Gasteiger partial charge in [-0.05, 0) is 67.5 Å². The molecule has 28 heavy (non-hydrogen) atoms. The van der Waals surface area contributed by atoms with Crippen LogP contribution in [-0.4, -0.2) is 23.2 Å². The Kier molecular flexibility index (Phi) is 5.56. The Morgan fingerprint density at radius 3 is 2.46 bits per heavy atom. The zero-order chi connectivity index (χ0) is 19.3. The molecule has 1 aliphatic carbocycles. The van der Waals surface area contributed by atoms with Crippen LogP contribution in [0.15, 0.2) is 55.0 Å². The first-order chi connectivity index (χ1) is 13.8. The lowest BCUT2D eigenvalue weighted by atomic mass is 9.93. The van der Waals surface area contributed by atoms with Gasteiger partial charge in [0.15, 0.2) is 11.5 Å². The molecule has 0 bridgehead atoms. The molecule has 2 heterocycles. The van der Waals surface area contributed by atoms with E-state index in [2.05, 4.69) is 41.2 Å². The van der Waals surface area contributed by atoms with Crippen LogP contribution in [0.2, 0.25) is 0 Å². The lowest BCUT2D eigenvalue weighted by Gasteiger charge is -2.20. The molecule has 3 aromatic rings. The van der Waals surface area contributed by atoms with Crippen LogP contribution < -0.4 is 9.47 Å². The smallest absolute Gasteiger partial charge is 0.162 e. The van der Waals surface area contributed by atoms with Gasteiger partial charge >= 0.3 is 0 Å². The summed E-state index contributed by atoms with van der Waals surface area (Å²) in [7, 11) is 1.70. The Balaban J connectivity index is 1.89. The Hall–Kier alpha value is -2.88. The Morgan fingerprint density at radius 2 is 1.75 bits per heavy atom. The van der Waals surface area contributed by atoms with E-state index in [4.69, 9.17) is 9.47 Å². The van der Waals surface area contributed by atoms with Crippen molar-refractivity contribution in [3.63, 3.8) is 0 Å². The van der Waals surface area contributed by atoms with E-state index in [1.165, 1.54) is 12.8 Å². The Bertz CT molecular complexity index is 935. The standard InChI is InChI=1S/C24H26N2O2/c1-3-22-19(11-7-13-26-22)21-15-24(28-18-9-4-5-10-18)23(27-2)14-20(21)17-8-6-12-25-16-17/h6-8,11-16,18H,3-5,9-10H2,1-2H3. The Morgan fingerprint density at radius 1 is 0.964 bits per heavy atom. The first kappa shape index (κ1) is 18.5. The van der Waals surface area contributed by atoms with Crippen molar-refractivity contribution in [2.45, 2.75) is 45.1 Å². The van der Waals surface area contributed by atoms with E-state index in [1.54, 1.807) is 13.3 Å². The van der Waals surface area contributed by atoms with Gasteiger partial charge in [-0.1, -0.05) is 19.1 Å². The van der Waals surface area contributed by atoms with Crippen LogP contribution >= 0.6 is 0 Å². The maximum Gasteiger partial charge on any atom is 0.162 e.